The molecule has 1 amide bonds. The molecule has 172 valence electrons. The van der Waals surface area contributed by atoms with E-state index in [9.17, 15) is 22.0 Å². The summed E-state index contributed by atoms with van der Waals surface area (Å²) in [4.78, 5) is 14.4. The minimum atomic E-state index is -3.50. The van der Waals surface area contributed by atoms with Crippen LogP contribution in [0.4, 0.5) is 8.78 Å². The van der Waals surface area contributed by atoms with E-state index >= 15 is 0 Å². The van der Waals surface area contributed by atoms with Crippen molar-refractivity contribution < 1.29 is 26.7 Å². The summed E-state index contributed by atoms with van der Waals surface area (Å²) < 4.78 is 56.6. The first-order chi connectivity index (χ1) is 15.3. The largest absolute Gasteiger partial charge is 0.489 e. The number of ether oxygens (including phenoxy) is 1. The molecule has 3 rings (SSSR count). The zero-order valence-electron chi connectivity index (χ0n) is 17.5. The summed E-state index contributed by atoms with van der Waals surface area (Å²) in [6.07, 6.45) is 1.55. The standard InChI is InChI=1S/C23H26F2N2O4S/c24-13-18(14-26)15-31-21-5-7-22(8-6-21)32(29,30)16-17-9-11-27(12-10-17)23(28)19-1-3-20(25)4-2-19/h1-8,13,17H,9-12,14-16,26H2. The number of sulfone groups is 1. The van der Waals surface area contributed by atoms with Gasteiger partial charge in [0.1, 0.15) is 18.2 Å². The van der Waals surface area contributed by atoms with Crippen molar-refractivity contribution in [2.24, 2.45) is 11.7 Å². The average molecular weight is 465 g/mol. The molecule has 2 aromatic carbocycles. The number of hydrogen-bond donors (Lipinski definition) is 1. The van der Waals surface area contributed by atoms with Crippen LogP contribution in [0.5, 0.6) is 5.75 Å². The number of likely N-dealkylation sites (tertiary alicyclic amines) is 1. The molecule has 6 nitrogen and oxygen atoms in total. The fourth-order valence-corrected chi connectivity index (χ4v) is 5.24. The average Bonchev–Trinajstić information content (AvgIpc) is 2.80. The number of carbonyl (C=O) groups is 1. The molecule has 9 heteroatoms. The lowest BCUT2D eigenvalue weighted by atomic mass is 9.98. The molecule has 2 aromatic rings. The van der Waals surface area contributed by atoms with E-state index in [4.69, 9.17) is 10.5 Å². The van der Waals surface area contributed by atoms with Crippen LogP contribution >= 0.6 is 0 Å². The van der Waals surface area contributed by atoms with Gasteiger partial charge >= 0.3 is 0 Å². The van der Waals surface area contributed by atoms with Crippen molar-refractivity contribution in [1.82, 2.24) is 4.90 Å². The van der Waals surface area contributed by atoms with Crippen LogP contribution < -0.4 is 10.5 Å². The highest BCUT2D eigenvalue weighted by atomic mass is 32.2. The Morgan fingerprint density at radius 3 is 2.28 bits per heavy atom. The second-order valence-electron chi connectivity index (χ2n) is 7.76. The Hall–Kier alpha value is -2.78. The van der Waals surface area contributed by atoms with E-state index in [1.807, 2.05) is 0 Å². The monoisotopic (exact) mass is 464 g/mol. The molecule has 1 aliphatic rings. The van der Waals surface area contributed by atoms with E-state index in [-0.39, 0.29) is 35.6 Å². The first-order valence-electron chi connectivity index (χ1n) is 10.3. The summed E-state index contributed by atoms with van der Waals surface area (Å²) in [6.45, 7) is 0.940. The van der Waals surface area contributed by atoms with Crippen LogP contribution in [0.2, 0.25) is 0 Å². The number of rotatable bonds is 8. The lowest BCUT2D eigenvalue weighted by molar-refractivity contribution is 0.0698. The molecular weight excluding hydrogens is 438 g/mol. The van der Waals surface area contributed by atoms with E-state index in [0.29, 0.717) is 49.1 Å². The molecule has 1 heterocycles. The minimum Gasteiger partial charge on any atom is -0.489 e. The maximum absolute atomic E-state index is 13.1. The third-order valence-electron chi connectivity index (χ3n) is 5.47. The van der Waals surface area contributed by atoms with Crippen LogP contribution in [0.15, 0.2) is 65.3 Å². The van der Waals surface area contributed by atoms with Gasteiger partial charge in [0.05, 0.1) is 17.0 Å². The number of carbonyl (C=O) groups excluding carboxylic acids is 1. The van der Waals surface area contributed by atoms with Crippen LogP contribution in [0, 0.1) is 11.7 Å². The van der Waals surface area contributed by atoms with Crippen molar-refractivity contribution >= 4 is 15.7 Å². The molecule has 1 aliphatic heterocycles. The Bertz CT molecular complexity index is 1050. The molecular formula is C23H26F2N2O4S. The lowest BCUT2D eigenvalue weighted by Gasteiger charge is -2.32. The highest BCUT2D eigenvalue weighted by Gasteiger charge is 2.28. The van der Waals surface area contributed by atoms with E-state index in [0.717, 1.165) is 0 Å². The van der Waals surface area contributed by atoms with E-state index < -0.39 is 15.7 Å². The Labute approximate surface area is 186 Å². The molecule has 0 bridgehead atoms. The number of halogens is 2. The fraction of sp³-hybridized carbons (Fsp3) is 0.348. The van der Waals surface area contributed by atoms with Crippen LogP contribution in [0.3, 0.4) is 0 Å². The Kier molecular flexibility index (Phi) is 7.98. The van der Waals surface area contributed by atoms with E-state index in [1.54, 1.807) is 4.90 Å². The van der Waals surface area contributed by atoms with Crippen molar-refractivity contribution in [3.05, 3.63) is 71.8 Å². The summed E-state index contributed by atoms with van der Waals surface area (Å²) >= 11 is 0. The van der Waals surface area contributed by atoms with Gasteiger partial charge in [0.2, 0.25) is 0 Å². The Morgan fingerprint density at radius 1 is 1.09 bits per heavy atom. The van der Waals surface area contributed by atoms with Gasteiger partial charge < -0.3 is 15.4 Å². The number of hydrogen-bond acceptors (Lipinski definition) is 5. The molecule has 1 fully saturated rings. The van der Waals surface area contributed by atoms with E-state index in [1.165, 1.54) is 48.5 Å². The third kappa shape index (κ3) is 6.14. The van der Waals surface area contributed by atoms with Gasteiger partial charge in [-0.2, -0.15) is 0 Å². The van der Waals surface area contributed by atoms with Crippen LogP contribution in [-0.4, -0.2) is 51.2 Å². The van der Waals surface area contributed by atoms with Crippen molar-refractivity contribution in [2.45, 2.75) is 17.7 Å². The van der Waals surface area contributed by atoms with Gasteiger partial charge in [-0.05, 0) is 67.3 Å². The predicted molar refractivity (Wildman–Crippen MR) is 117 cm³/mol. The smallest absolute Gasteiger partial charge is 0.253 e. The van der Waals surface area contributed by atoms with Crippen LogP contribution in [0.25, 0.3) is 0 Å². The van der Waals surface area contributed by atoms with Gasteiger partial charge in [-0.3, -0.25) is 4.79 Å². The second-order valence-corrected chi connectivity index (χ2v) is 9.79. The highest BCUT2D eigenvalue weighted by Crippen LogP contribution is 2.25. The number of amides is 1. The topological polar surface area (TPSA) is 89.7 Å². The summed E-state index contributed by atoms with van der Waals surface area (Å²) in [5.41, 5.74) is 6.09. The molecule has 0 spiro atoms. The second kappa shape index (κ2) is 10.7. The summed E-state index contributed by atoms with van der Waals surface area (Å²) in [6, 6.07) is 11.4. The summed E-state index contributed by atoms with van der Waals surface area (Å²) in [5, 5.41) is 0. The molecule has 2 N–H and O–H groups in total. The Balaban J connectivity index is 1.53. The lowest BCUT2D eigenvalue weighted by Crippen LogP contribution is -2.39. The number of benzene rings is 2. The van der Waals surface area contributed by atoms with E-state index in [2.05, 4.69) is 0 Å². The molecule has 0 radical (unpaired) electrons. The summed E-state index contributed by atoms with van der Waals surface area (Å²) in [5.74, 6) is -0.225. The fourth-order valence-electron chi connectivity index (χ4n) is 3.54. The van der Waals surface area contributed by atoms with Gasteiger partial charge in [0.25, 0.3) is 5.91 Å². The highest BCUT2D eigenvalue weighted by molar-refractivity contribution is 7.91. The molecule has 32 heavy (non-hydrogen) atoms. The zero-order valence-corrected chi connectivity index (χ0v) is 18.4. The quantitative estimate of drug-likeness (QED) is 0.647. The maximum atomic E-state index is 13.1. The first kappa shape index (κ1) is 23.9. The van der Waals surface area contributed by atoms with Crippen molar-refractivity contribution in [3.63, 3.8) is 0 Å². The first-order valence-corrected chi connectivity index (χ1v) is 12.0. The molecule has 0 saturated carbocycles. The maximum Gasteiger partial charge on any atom is 0.253 e. The predicted octanol–water partition coefficient (Wildman–Crippen LogP) is 3.34. The van der Waals surface area contributed by atoms with Gasteiger partial charge in [-0.15, -0.1) is 0 Å². The van der Waals surface area contributed by atoms with Crippen molar-refractivity contribution in [2.75, 3.05) is 32.0 Å². The normalized spacial score (nSPS) is 15.6. The van der Waals surface area contributed by atoms with Gasteiger partial charge in [0, 0.05) is 30.8 Å². The number of piperidine rings is 1. The summed E-state index contributed by atoms with van der Waals surface area (Å²) in [7, 11) is -3.50. The molecule has 0 atom stereocenters. The number of nitrogens with zero attached hydrogens (tertiary/aromatic N) is 1. The molecule has 1 saturated heterocycles. The van der Waals surface area contributed by atoms with Crippen LogP contribution in [-0.2, 0) is 9.84 Å². The Morgan fingerprint density at radius 2 is 1.72 bits per heavy atom. The number of nitrogens with two attached hydrogens (primary N) is 1. The van der Waals surface area contributed by atoms with Crippen molar-refractivity contribution in [1.29, 1.82) is 0 Å². The van der Waals surface area contributed by atoms with Gasteiger partial charge in [-0.25, -0.2) is 17.2 Å². The minimum absolute atomic E-state index is 0.00564. The van der Waals surface area contributed by atoms with Gasteiger partial charge in [0.15, 0.2) is 9.84 Å². The molecule has 0 aromatic heterocycles. The SMILES string of the molecule is NCC(=CF)COc1ccc(S(=O)(=O)CC2CCN(C(=O)c3ccc(F)cc3)CC2)cc1. The third-order valence-corrected chi connectivity index (χ3v) is 7.37. The molecule has 0 unspecified atom stereocenters. The van der Waals surface area contributed by atoms with Gasteiger partial charge in [-0.1, -0.05) is 0 Å². The van der Waals surface area contributed by atoms with Crippen molar-refractivity contribution in [3.8, 4) is 5.75 Å². The van der Waals surface area contributed by atoms with Crippen LogP contribution in [0.1, 0.15) is 23.2 Å². The molecule has 0 aliphatic carbocycles. The zero-order chi connectivity index (χ0) is 23.1.